The fraction of sp³-hybridized carbons (Fsp3) is 0.400. The molecule has 0 aliphatic heterocycles. The molecule has 0 aliphatic carbocycles. The summed E-state index contributed by atoms with van der Waals surface area (Å²) in [6.07, 6.45) is -1.22. The van der Waals surface area contributed by atoms with Gasteiger partial charge in [-0.05, 0) is 0 Å². The molecule has 0 aromatic rings. The molecule has 0 aromatic carbocycles. The van der Waals surface area contributed by atoms with Crippen LogP contribution in [0.2, 0.25) is 0 Å². The topological polar surface area (TPSA) is 132 Å². The first-order valence-corrected chi connectivity index (χ1v) is 3.15. The number of nitrogens with zero attached hydrogens (tertiary/aromatic N) is 1. The van der Waals surface area contributed by atoms with Gasteiger partial charge in [0, 0.05) is 7.05 Å². The summed E-state index contributed by atoms with van der Waals surface area (Å²) in [6.45, 7) is -0.303. The summed E-state index contributed by atoms with van der Waals surface area (Å²) in [7, 11) is 1.40. The lowest BCUT2D eigenvalue weighted by molar-refractivity contribution is -0.230. The molecule has 0 rings (SSSR count). The minimum absolute atomic E-state index is 0.303. The maximum absolute atomic E-state index is 10.7. The molecule has 0 bridgehead atoms. The molecule has 0 aromatic heterocycles. The molecule has 1 amide bonds. The molecule has 5 N–H and O–H groups in total. The van der Waals surface area contributed by atoms with Gasteiger partial charge in [-0.3, -0.25) is 5.41 Å². The molecular formula is C5H10N4O4. The van der Waals surface area contributed by atoms with Crippen LogP contribution in [-0.2, 0) is 14.6 Å². The molecule has 0 heterocycles. The Bertz CT molecular complexity index is 229. The zero-order valence-corrected chi connectivity index (χ0v) is 6.94. The van der Waals surface area contributed by atoms with Crippen LogP contribution < -0.4 is 11.5 Å². The van der Waals surface area contributed by atoms with Gasteiger partial charge in [0.05, 0.1) is 0 Å². The maximum Gasteiger partial charge on any atom is 0.447 e. The third kappa shape index (κ3) is 5.30. The number of hydrogen-bond donors (Lipinski definition) is 3. The van der Waals surface area contributed by atoms with Crippen molar-refractivity contribution in [2.45, 2.75) is 0 Å². The SMILES string of the molecule is CN(CC(=O)OOC(N)=O)C(=N)N. The molecular weight excluding hydrogens is 180 g/mol. The first-order chi connectivity index (χ1) is 5.93. The van der Waals surface area contributed by atoms with E-state index in [1.54, 1.807) is 0 Å². The predicted molar refractivity (Wildman–Crippen MR) is 41.3 cm³/mol. The highest BCUT2D eigenvalue weighted by Crippen LogP contribution is 1.85. The Kier molecular flexibility index (Phi) is 4.07. The molecule has 0 saturated carbocycles. The van der Waals surface area contributed by atoms with Gasteiger partial charge < -0.3 is 16.4 Å². The second kappa shape index (κ2) is 4.80. The zero-order valence-electron chi connectivity index (χ0n) is 6.94. The van der Waals surface area contributed by atoms with Crippen LogP contribution in [0.15, 0.2) is 0 Å². The third-order valence-corrected chi connectivity index (χ3v) is 0.994. The van der Waals surface area contributed by atoms with Crippen molar-refractivity contribution in [3.8, 4) is 0 Å². The molecule has 0 fully saturated rings. The van der Waals surface area contributed by atoms with Gasteiger partial charge >= 0.3 is 12.1 Å². The van der Waals surface area contributed by atoms with E-state index in [1.165, 1.54) is 7.05 Å². The maximum atomic E-state index is 10.7. The highest BCUT2D eigenvalue weighted by molar-refractivity contribution is 5.81. The van der Waals surface area contributed by atoms with Gasteiger partial charge in [0.1, 0.15) is 6.54 Å². The molecule has 0 saturated heterocycles. The number of rotatable bonds is 2. The predicted octanol–water partition coefficient (Wildman–Crippen LogP) is -1.63. The average Bonchev–Trinajstić information content (AvgIpc) is 2.00. The Labute approximate surface area is 73.8 Å². The van der Waals surface area contributed by atoms with Crippen LogP contribution in [0.5, 0.6) is 0 Å². The minimum atomic E-state index is -1.22. The lowest BCUT2D eigenvalue weighted by Gasteiger charge is -2.13. The zero-order chi connectivity index (χ0) is 10.4. The van der Waals surface area contributed by atoms with Crippen LogP contribution in [-0.4, -0.2) is 36.5 Å². The summed E-state index contributed by atoms with van der Waals surface area (Å²) in [6, 6.07) is 0. The van der Waals surface area contributed by atoms with Crippen molar-refractivity contribution >= 4 is 18.0 Å². The molecule has 0 unspecified atom stereocenters. The Hall–Kier alpha value is -1.99. The monoisotopic (exact) mass is 190 g/mol. The van der Waals surface area contributed by atoms with Crippen molar-refractivity contribution in [2.24, 2.45) is 11.5 Å². The first kappa shape index (κ1) is 11.0. The number of hydrogen-bond acceptors (Lipinski definition) is 5. The number of nitrogens with one attached hydrogen (secondary N) is 1. The fourth-order valence-corrected chi connectivity index (χ4v) is 0.393. The summed E-state index contributed by atoms with van der Waals surface area (Å²) in [5, 5.41) is 6.87. The third-order valence-electron chi connectivity index (χ3n) is 0.994. The summed E-state index contributed by atoms with van der Waals surface area (Å²) in [4.78, 5) is 29.4. The van der Waals surface area contributed by atoms with Crippen LogP contribution in [0.25, 0.3) is 0 Å². The number of carbonyl (C=O) groups is 2. The second-order valence-corrected chi connectivity index (χ2v) is 2.10. The molecule has 0 atom stereocenters. The van der Waals surface area contributed by atoms with Gasteiger partial charge in [-0.2, -0.15) is 0 Å². The minimum Gasteiger partial charge on any atom is -0.370 e. The smallest absolute Gasteiger partial charge is 0.370 e. The van der Waals surface area contributed by atoms with Crippen molar-refractivity contribution in [2.75, 3.05) is 13.6 Å². The lowest BCUT2D eigenvalue weighted by atomic mass is 10.6. The Morgan fingerprint density at radius 3 is 2.31 bits per heavy atom. The van der Waals surface area contributed by atoms with E-state index >= 15 is 0 Å². The van der Waals surface area contributed by atoms with Gasteiger partial charge in [-0.15, -0.1) is 0 Å². The lowest BCUT2D eigenvalue weighted by Crippen LogP contribution is -2.37. The summed E-state index contributed by atoms with van der Waals surface area (Å²) in [5.41, 5.74) is 9.52. The molecule has 0 radical (unpaired) electrons. The normalized spacial score (nSPS) is 8.69. The number of amides is 1. The summed E-state index contributed by atoms with van der Waals surface area (Å²) in [5.74, 6) is -1.19. The van der Waals surface area contributed by atoms with E-state index in [2.05, 4.69) is 15.5 Å². The Morgan fingerprint density at radius 2 is 1.92 bits per heavy atom. The first-order valence-electron chi connectivity index (χ1n) is 3.15. The van der Waals surface area contributed by atoms with E-state index in [9.17, 15) is 9.59 Å². The van der Waals surface area contributed by atoms with Gasteiger partial charge in [0.15, 0.2) is 5.96 Å². The van der Waals surface area contributed by atoms with E-state index in [0.29, 0.717) is 0 Å². The second-order valence-electron chi connectivity index (χ2n) is 2.10. The molecule has 8 nitrogen and oxygen atoms in total. The van der Waals surface area contributed by atoms with Crippen molar-refractivity contribution in [1.29, 1.82) is 5.41 Å². The van der Waals surface area contributed by atoms with Crippen LogP contribution in [0, 0.1) is 5.41 Å². The Morgan fingerprint density at radius 1 is 1.38 bits per heavy atom. The van der Waals surface area contributed by atoms with Crippen LogP contribution in [0.1, 0.15) is 0 Å². The molecule has 74 valence electrons. The van der Waals surface area contributed by atoms with Crippen molar-refractivity contribution < 1.29 is 19.4 Å². The van der Waals surface area contributed by atoms with Crippen molar-refractivity contribution in [3.63, 3.8) is 0 Å². The summed E-state index contributed by atoms with van der Waals surface area (Å²) >= 11 is 0. The molecule has 0 spiro atoms. The van der Waals surface area contributed by atoms with Gasteiger partial charge in [-0.25, -0.2) is 19.4 Å². The number of carbonyl (C=O) groups excluding carboxylic acids is 2. The summed E-state index contributed by atoms with van der Waals surface area (Å²) < 4.78 is 0. The van der Waals surface area contributed by atoms with E-state index in [1.807, 2.05) is 0 Å². The van der Waals surface area contributed by atoms with Gasteiger partial charge in [-0.1, -0.05) is 0 Å². The fourth-order valence-electron chi connectivity index (χ4n) is 0.393. The van der Waals surface area contributed by atoms with Crippen molar-refractivity contribution in [1.82, 2.24) is 4.90 Å². The van der Waals surface area contributed by atoms with Crippen LogP contribution in [0.4, 0.5) is 4.79 Å². The largest absolute Gasteiger partial charge is 0.447 e. The van der Waals surface area contributed by atoms with E-state index in [0.717, 1.165) is 4.90 Å². The van der Waals surface area contributed by atoms with Gasteiger partial charge in [0.2, 0.25) is 0 Å². The van der Waals surface area contributed by atoms with E-state index in [-0.39, 0.29) is 12.5 Å². The highest BCUT2D eigenvalue weighted by atomic mass is 17.2. The molecule has 0 aliphatic rings. The molecule has 13 heavy (non-hydrogen) atoms. The average molecular weight is 190 g/mol. The molecule has 8 heteroatoms. The highest BCUT2D eigenvalue weighted by Gasteiger charge is 2.11. The number of primary amides is 1. The van der Waals surface area contributed by atoms with Crippen LogP contribution in [0.3, 0.4) is 0 Å². The van der Waals surface area contributed by atoms with E-state index < -0.39 is 12.1 Å². The standard InChI is InChI=1S/C5H10N4O4/c1-9(4(6)7)2-3(10)12-13-5(8)11/h2H2,1H3,(H3,6,7)(H2,8,11). The number of guanidine groups is 1. The van der Waals surface area contributed by atoms with Crippen LogP contribution >= 0.6 is 0 Å². The van der Waals surface area contributed by atoms with Crippen molar-refractivity contribution in [3.05, 3.63) is 0 Å². The Balaban J connectivity index is 3.74. The van der Waals surface area contributed by atoms with Gasteiger partial charge in [0.25, 0.3) is 0 Å². The van der Waals surface area contributed by atoms with E-state index in [4.69, 9.17) is 11.1 Å². The number of likely N-dealkylation sites (N-methyl/N-ethyl adjacent to an activating group) is 1. The number of nitrogens with two attached hydrogens (primary N) is 2. The quantitative estimate of drug-likeness (QED) is 0.207.